The molecule has 2 aromatic heterocycles. The normalized spacial score (nSPS) is 11.9. The second-order valence-corrected chi connectivity index (χ2v) is 6.70. The maximum absolute atomic E-state index is 12.7. The van der Waals surface area contributed by atoms with Crippen LogP contribution in [0.2, 0.25) is 0 Å². The Hall–Kier alpha value is -3.20. The molecule has 1 amide bonds. The lowest BCUT2D eigenvalue weighted by Crippen LogP contribution is -2.39. The fourth-order valence-electron chi connectivity index (χ4n) is 2.47. The van der Waals surface area contributed by atoms with Gasteiger partial charge in [-0.2, -0.15) is 5.10 Å². The van der Waals surface area contributed by atoms with E-state index in [1.165, 1.54) is 0 Å². The van der Waals surface area contributed by atoms with Crippen LogP contribution in [0.4, 0.5) is 16.6 Å². The van der Waals surface area contributed by atoms with Gasteiger partial charge in [0.05, 0.1) is 11.9 Å². The Bertz CT molecular complexity index is 949. The second-order valence-electron chi connectivity index (χ2n) is 5.73. The van der Waals surface area contributed by atoms with Crippen molar-refractivity contribution in [3.8, 4) is 0 Å². The van der Waals surface area contributed by atoms with Crippen molar-refractivity contribution in [3.05, 3.63) is 53.2 Å². The lowest BCUT2D eigenvalue weighted by molar-refractivity contribution is -0.118. The fraction of sp³-hybridized carbons (Fsp3) is 0.176. The molecule has 3 aromatic rings. The SMILES string of the molecule is C[C@H](C(N)=O)N(c1cnn(C)c1)c1nc(N)c(C(=O)c2ccccc2)s1. The highest BCUT2D eigenvalue weighted by atomic mass is 32.1. The molecule has 9 heteroatoms. The third-order valence-corrected chi connectivity index (χ3v) is 4.93. The first kappa shape index (κ1) is 17.6. The van der Waals surface area contributed by atoms with Gasteiger partial charge < -0.3 is 16.4 Å². The third-order valence-electron chi connectivity index (χ3n) is 3.86. The molecule has 26 heavy (non-hydrogen) atoms. The first-order valence-electron chi connectivity index (χ1n) is 7.81. The largest absolute Gasteiger partial charge is 0.382 e. The van der Waals surface area contributed by atoms with Gasteiger partial charge in [-0.15, -0.1) is 0 Å². The van der Waals surface area contributed by atoms with Gasteiger partial charge in [0, 0.05) is 18.8 Å². The van der Waals surface area contributed by atoms with E-state index in [1.54, 1.807) is 60.2 Å². The summed E-state index contributed by atoms with van der Waals surface area (Å²) in [4.78, 5) is 30.7. The molecular formula is C17H18N6O2S. The van der Waals surface area contributed by atoms with Gasteiger partial charge in [0.2, 0.25) is 11.7 Å². The molecule has 1 aromatic carbocycles. The first-order chi connectivity index (χ1) is 12.4. The minimum Gasteiger partial charge on any atom is -0.382 e. The first-order valence-corrected chi connectivity index (χ1v) is 8.63. The molecule has 8 nitrogen and oxygen atoms in total. The van der Waals surface area contributed by atoms with E-state index in [1.807, 2.05) is 6.07 Å². The van der Waals surface area contributed by atoms with Crippen molar-refractivity contribution in [2.24, 2.45) is 12.8 Å². The zero-order chi connectivity index (χ0) is 18.8. The fourth-order valence-corrected chi connectivity index (χ4v) is 3.52. The summed E-state index contributed by atoms with van der Waals surface area (Å²) in [6, 6.07) is 8.13. The molecule has 0 bridgehead atoms. The van der Waals surface area contributed by atoms with Gasteiger partial charge in [-0.3, -0.25) is 14.3 Å². The van der Waals surface area contributed by atoms with Crippen LogP contribution in [0, 0.1) is 0 Å². The van der Waals surface area contributed by atoms with Crippen LogP contribution in [0.1, 0.15) is 22.2 Å². The van der Waals surface area contributed by atoms with E-state index in [-0.39, 0.29) is 11.6 Å². The molecule has 0 unspecified atom stereocenters. The topological polar surface area (TPSA) is 120 Å². The van der Waals surface area contributed by atoms with Crippen molar-refractivity contribution in [2.45, 2.75) is 13.0 Å². The molecule has 0 aliphatic heterocycles. The van der Waals surface area contributed by atoms with Crippen LogP contribution >= 0.6 is 11.3 Å². The van der Waals surface area contributed by atoms with Crippen molar-refractivity contribution in [3.63, 3.8) is 0 Å². The van der Waals surface area contributed by atoms with Crippen LogP contribution in [0.5, 0.6) is 0 Å². The van der Waals surface area contributed by atoms with Gasteiger partial charge in [0.15, 0.2) is 5.13 Å². The number of carbonyl (C=O) groups is 2. The molecular weight excluding hydrogens is 352 g/mol. The Morgan fingerprint density at radius 3 is 2.54 bits per heavy atom. The van der Waals surface area contributed by atoms with Crippen molar-refractivity contribution in [1.82, 2.24) is 14.8 Å². The molecule has 4 N–H and O–H groups in total. The minimum atomic E-state index is -0.690. The number of amides is 1. The smallest absolute Gasteiger partial charge is 0.240 e. The predicted octanol–water partition coefficient (Wildman–Crippen LogP) is 1.70. The number of nitrogens with two attached hydrogens (primary N) is 2. The molecule has 0 aliphatic carbocycles. The summed E-state index contributed by atoms with van der Waals surface area (Å²) < 4.78 is 1.60. The number of aryl methyl sites for hydroxylation is 1. The van der Waals surface area contributed by atoms with E-state index in [9.17, 15) is 9.59 Å². The highest BCUT2D eigenvalue weighted by Gasteiger charge is 2.28. The number of benzene rings is 1. The van der Waals surface area contributed by atoms with Gasteiger partial charge in [-0.05, 0) is 6.92 Å². The lowest BCUT2D eigenvalue weighted by Gasteiger charge is -2.24. The Balaban J connectivity index is 2.04. The lowest BCUT2D eigenvalue weighted by atomic mass is 10.1. The number of thiazole rings is 1. The number of hydrogen-bond acceptors (Lipinski definition) is 7. The van der Waals surface area contributed by atoms with E-state index >= 15 is 0 Å². The molecule has 0 spiro atoms. The van der Waals surface area contributed by atoms with E-state index in [2.05, 4.69) is 10.1 Å². The molecule has 0 aliphatic rings. The number of nitrogens with zero attached hydrogens (tertiary/aromatic N) is 4. The number of aromatic nitrogens is 3. The molecule has 0 fully saturated rings. The van der Waals surface area contributed by atoms with Gasteiger partial charge in [0.25, 0.3) is 0 Å². The van der Waals surface area contributed by atoms with E-state index < -0.39 is 11.9 Å². The highest BCUT2D eigenvalue weighted by Crippen LogP contribution is 2.35. The molecule has 3 rings (SSSR count). The number of rotatable bonds is 6. The van der Waals surface area contributed by atoms with Crippen molar-refractivity contribution in [1.29, 1.82) is 0 Å². The van der Waals surface area contributed by atoms with Crippen molar-refractivity contribution < 1.29 is 9.59 Å². The summed E-state index contributed by atoms with van der Waals surface area (Å²) in [6.07, 6.45) is 3.32. The maximum Gasteiger partial charge on any atom is 0.240 e. The standard InChI is InChI=1S/C17H18N6O2S/c1-10(16(19)25)23(12-8-20-22(2)9-12)17-21-15(18)14(26-17)13(24)11-6-4-3-5-7-11/h3-10H,18H2,1-2H3,(H2,19,25)/t10-/m1/s1. The summed E-state index contributed by atoms with van der Waals surface area (Å²) in [5.41, 5.74) is 12.6. The van der Waals surface area contributed by atoms with Gasteiger partial charge in [0.1, 0.15) is 16.7 Å². The quantitative estimate of drug-likeness (QED) is 0.637. The summed E-state index contributed by atoms with van der Waals surface area (Å²) in [7, 11) is 1.76. The van der Waals surface area contributed by atoms with Crippen LogP contribution < -0.4 is 16.4 Å². The van der Waals surface area contributed by atoms with Crippen LogP contribution in [0.15, 0.2) is 42.7 Å². The summed E-state index contributed by atoms with van der Waals surface area (Å²) in [5.74, 6) is -0.632. The van der Waals surface area contributed by atoms with E-state index in [4.69, 9.17) is 11.5 Å². The Morgan fingerprint density at radius 2 is 1.96 bits per heavy atom. The van der Waals surface area contributed by atoms with Crippen LogP contribution in [0.3, 0.4) is 0 Å². The van der Waals surface area contributed by atoms with Crippen LogP contribution in [-0.2, 0) is 11.8 Å². The number of anilines is 3. The Morgan fingerprint density at radius 1 is 1.27 bits per heavy atom. The number of hydrogen-bond donors (Lipinski definition) is 2. The Kier molecular flexibility index (Phi) is 4.72. The zero-order valence-electron chi connectivity index (χ0n) is 14.3. The van der Waals surface area contributed by atoms with Gasteiger partial charge in [-0.25, -0.2) is 4.98 Å². The molecule has 2 heterocycles. The molecule has 0 radical (unpaired) electrons. The molecule has 1 atom stereocenters. The summed E-state index contributed by atoms with van der Waals surface area (Å²) >= 11 is 1.12. The maximum atomic E-state index is 12.7. The second kappa shape index (κ2) is 6.96. The van der Waals surface area contributed by atoms with E-state index in [0.717, 1.165) is 11.3 Å². The zero-order valence-corrected chi connectivity index (χ0v) is 15.1. The predicted molar refractivity (Wildman–Crippen MR) is 100 cm³/mol. The summed E-state index contributed by atoms with van der Waals surface area (Å²) in [5, 5.41) is 4.52. The average Bonchev–Trinajstić information content (AvgIpc) is 3.21. The molecule has 0 saturated carbocycles. The number of carbonyl (C=O) groups excluding carboxylic acids is 2. The van der Waals surface area contributed by atoms with Crippen molar-refractivity contribution in [2.75, 3.05) is 10.6 Å². The van der Waals surface area contributed by atoms with Crippen LogP contribution in [-0.4, -0.2) is 32.5 Å². The van der Waals surface area contributed by atoms with Gasteiger partial charge in [-0.1, -0.05) is 41.7 Å². The van der Waals surface area contributed by atoms with E-state index in [0.29, 0.717) is 21.3 Å². The number of primary amides is 1. The highest BCUT2D eigenvalue weighted by molar-refractivity contribution is 7.18. The number of nitrogen functional groups attached to an aromatic ring is 1. The third kappa shape index (κ3) is 3.29. The van der Waals surface area contributed by atoms with Crippen LogP contribution in [0.25, 0.3) is 0 Å². The monoisotopic (exact) mass is 370 g/mol. The van der Waals surface area contributed by atoms with Gasteiger partial charge >= 0.3 is 0 Å². The Labute approximate surface area is 154 Å². The molecule has 0 saturated heterocycles. The molecule has 134 valence electrons. The minimum absolute atomic E-state index is 0.115. The number of ketones is 1. The average molecular weight is 370 g/mol. The summed E-state index contributed by atoms with van der Waals surface area (Å²) in [6.45, 7) is 1.66. The van der Waals surface area contributed by atoms with Crippen molar-refractivity contribution >= 4 is 39.7 Å².